The van der Waals surface area contributed by atoms with Gasteiger partial charge in [-0.2, -0.15) is 13.2 Å². The van der Waals surface area contributed by atoms with Crippen molar-refractivity contribution in [1.82, 2.24) is 4.90 Å². The summed E-state index contributed by atoms with van der Waals surface area (Å²) < 4.78 is 55.9. The number of fused-ring (bicyclic) bond motifs is 1. The molecular weight excluding hydrogens is 331 g/mol. The van der Waals surface area contributed by atoms with Gasteiger partial charge in [-0.1, -0.05) is 0 Å². The maximum atomic E-state index is 13.4. The van der Waals surface area contributed by atoms with Crippen molar-refractivity contribution in [3.05, 3.63) is 0 Å². The molecule has 0 amide bonds. The van der Waals surface area contributed by atoms with Gasteiger partial charge in [0.05, 0.1) is 19.8 Å². The third-order valence-electron chi connectivity index (χ3n) is 5.80. The van der Waals surface area contributed by atoms with Crippen LogP contribution in [0.3, 0.4) is 0 Å². The van der Waals surface area contributed by atoms with Gasteiger partial charge in [0.2, 0.25) is 0 Å². The fourth-order valence-electron chi connectivity index (χ4n) is 4.69. The Labute approximate surface area is 136 Å². The lowest BCUT2D eigenvalue weighted by molar-refractivity contribution is -0.231. The molecule has 2 saturated heterocycles. The molecule has 24 heavy (non-hydrogen) atoms. The summed E-state index contributed by atoms with van der Waals surface area (Å²) in [5.74, 6) is -3.10. The van der Waals surface area contributed by atoms with E-state index in [9.17, 15) is 22.8 Å². The molecule has 2 bridgehead atoms. The molecule has 2 aliphatic heterocycles. The normalized spacial score (nSPS) is 41.5. The number of hydrogen-bond acceptors (Lipinski definition) is 6. The number of halogens is 3. The average Bonchev–Trinajstić information content (AvgIpc) is 3.10. The number of morpholine rings is 1. The van der Waals surface area contributed by atoms with Crippen LogP contribution in [0, 0.1) is 17.3 Å². The van der Waals surface area contributed by atoms with E-state index < -0.39 is 47.6 Å². The summed E-state index contributed by atoms with van der Waals surface area (Å²) in [5.41, 5.74) is -2.39. The van der Waals surface area contributed by atoms with Crippen LogP contribution in [0.2, 0.25) is 0 Å². The molecule has 5 atom stereocenters. The van der Waals surface area contributed by atoms with Crippen molar-refractivity contribution in [2.75, 3.05) is 32.8 Å². The summed E-state index contributed by atoms with van der Waals surface area (Å²) in [6.07, 6.45) is -6.48. The highest BCUT2D eigenvalue weighted by molar-refractivity contribution is 5.82. The second-order valence-electron chi connectivity index (χ2n) is 6.99. The Morgan fingerprint density at radius 1 is 1.33 bits per heavy atom. The number of nitrogens with zero attached hydrogens (tertiary/aromatic N) is 1. The summed E-state index contributed by atoms with van der Waals surface area (Å²) in [7, 11) is 0. The molecule has 0 aromatic heterocycles. The van der Waals surface area contributed by atoms with Crippen molar-refractivity contribution in [3.8, 4) is 0 Å². The first-order valence-electron chi connectivity index (χ1n) is 8.10. The van der Waals surface area contributed by atoms with Crippen LogP contribution < -0.4 is 0 Å². The van der Waals surface area contributed by atoms with Gasteiger partial charge >= 0.3 is 18.1 Å². The van der Waals surface area contributed by atoms with Crippen LogP contribution in [0.15, 0.2) is 0 Å². The molecule has 0 N–H and O–H groups in total. The van der Waals surface area contributed by atoms with Gasteiger partial charge in [-0.3, -0.25) is 14.5 Å². The van der Waals surface area contributed by atoms with Crippen molar-refractivity contribution in [1.29, 1.82) is 0 Å². The lowest BCUT2D eigenvalue weighted by Gasteiger charge is -2.33. The maximum Gasteiger partial charge on any atom is 0.405 e. The fraction of sp³-hybridized carbons (Fsp3) is 0.867. The van der Waals surface area contributed by atoms with Gasteiger partial charge in [-0.15, -0.1) is 0 Å². The molecule has 0 aromatic carbocycles. The van der Waals surface area contributed by atoms with E-state index in [1.807, 2.05) is 4.90 Å². The Hall–Kier alpha value is -1.35. The monoisotopic (exact) mass is 349 g/mol. The van der Waals surface area contributed by atoms with Crippen LogP contribution in [0.4, 0.5) is 13.2 Å². The van der Waals surface area contributed by atoms with Gasteiger partial charge in [-0.25, -0.2) is 0 Å². The molecule has 2 aliphatic carbocycles. The number of hydrogen-bond donors (Lipinski definition) is 0. The molecule has 6 nitrogen and oxygen atoms in total. The van der Waals surface area contributed by atoms with Gasteiger partial charge < -0.3 is 14.2 Å². The predicted molar refractivity (Wildman–Crippen MR) is 71.7 cm³/mol. The van der Waals surface area contributed by atoms with Gasteiger partial charge in [0.15, 0.2) is 5.41 Å². The summed E-state index contributed by atoms with van der Waals surface area (Å²) >= 11 is 0. The first-order valence-corrected chi connectivity index (χ1v) is 8.10. The lowest BCUT2D eigenvalue weighted by Crippen LogP contribution is -2.49. The van der Waals surface area contributed by atoms with Crippen molar-refractivity contribution in [2.45, 2.75) is 31.2 Å². The van der Waals surface area contributed by atoms with E-state index in [-0.39, 0.29) is 19.4 Å². The number of carbonyl (C=O) groups excluding carboxylic acids is 2. The molecule has 4 rings (SSSR count). The third kappa shape index (κ3) is 2.17. The van der Waals surface area contributed by atoms with E-state index in [0.29, 0.717) is 26.3 Å². The van der Waals surface area contributed by atoms with Gasteiger partial charge in [-0.05, 0) is 12.8 Å². The van der Waals surface area contributed by atoms with Crippen molar-refractivity contribution < 1.29 is 37.0 Å². The quantitative estimate of drug-likeness (QED) is 0.701. The van der Waals surface area contributed by atoms with Crippen molar-refractivity contribution >= 4 is 11.9 Å². The molecule has 0 aromatic rings. The van der Waals surface area contributed by atoms with E-state index in [0.717, 1.165) is 0 Å². The van der Waals surface area contributed by atoms with Crippen LogP contribution >= 0.6 is 0 Å². The Bertz CT molecular complexity index is 562. The highest BCUT2D eigenvalue weighted by Crippen LogP contribution is 2.67. The zero-order valence-electron chi connectivity index (χ0n) is 12.9. The Morgan fingerprint density at radius 2 is 2.04 bits per heavy atom. The topological polar surface area (TPSA) is 65.1 Å². The number of ether oxygens (including phenoxy) is 3. The first kappa shape index (κ1) is 16.1. The molecule has 2 saturated carbocycles. The van der Waals surface area contributed by atoms with Crippen LogP contribution in [0.1, 0.15) is 12.8 Å². The highest BCUT2D eigenvalue weighted by atomic mass is 19.4. The molecule has 2 heterocycles. The summed E-state index contributed by atoms with van der Waals surface area (Å²) in [6, 6.07) is 0. The second kappa shape index (κ2) is 5.32. The van der Waals surface area contributed by atoms with Crippen LogP contribution in [0.25, 0.3) is 0 Å². The van der Waals surface area contributed by atoms with Crippen molar-refractivity contribution in [3.63, 3.8) is 0 Å². The lowest BCUT2D eigenvalue weighted by atomic mass is 9.73. The molecular formula is C15H18F3NO5. The van der Waals surface area contributed by atoms with Gasteiger partial charge in [0.25, 0.3) is 0 Å². The summed E-state index contributed by atoms with van der Waals surface area (Å²) in [5, 5.41) is 0. The van der Waals surface area contributed by atoms with Gasteiger partial charge in [0, 0.05) is 24.9 Å². The number of esters is 2. The number of carbonyl (C=O) groups is 2. The second-order valence-corrected chi connectivity index (χ2v) is 6.99. The van der Waals surface area contributed by atoms with E-state index in [2.05, 4.69) is 0 Å². The van der Waals surface area contributed by atoms with Crippen LogP contribution in [-0.4, -0.2) is 68.1 Å². The van der Waals surface area contributed by atoms with Crippen LogP contribution in [-0.2, 0) is 23.8 Å². The van der Waals surface area contributed by atoms with E-state index in [4.69, 9.17) is 14.2 Å². The Morgan fingerprint density at radius 3 is 2.71 bits per heavy atom. The molecule has 9 heteroatoms. The summed E-state index contributed by atoms with van der Waals surface area (Å²) in [6.45, 7) is 2.37. The molecule has 4 fully saturated rings. The number of alkyl halides is 3. The predicted octanol–water partition coefficient (Wildman–Crippen LogP) is 0.744. The fourth-order valence-corrected chi connectivity index (χ4v) is 4.69. The standard InChI is InChI=1S/C15H18F3NO5/c16-15(17,18)14-6-8-5-9(14)12(24-13(14)21)11(8)23-10(20)7-19-1-3-22-4-2-19/h8-9,11-12H,1-7H2. The van der Waals surface area contributed by atoms with E-state index >= 15 is 0 Å². The molecule has 0 radical (unpaired) electrons. The smallest absolute Gasteiger partial charge is 0.405 e. The third-order valence-corrected chi connectivity index (χ3v) is 5.80. The Kier molecular flexibility index (Phi) is 3.58. The zero-order chi connectivity index (χ0) is 17.1. The minimum atomic E-state index is -4.62. The van der Waals surface area contributed by atoms with Crippen LogP contribution in [0.5, 0.6) is 0 Å². The highest BCUT2D eigenvalue weighted by Gasteiger charge is 2.80. The van der Waals surface area contributed by atoms with E-state index in [1.165, 1.54) is 0 Å². The van der Waals surface area contributed by atoms with Gasteiger partial charge in [0.1, 0.15) is 12.2 Å². The SMILES string of the molecule is O=C(CN1CCOCC1)OC1C2CC3C1OC(=O)C3(C(F)(F)F)C2. The minimum Gasteiger partial charge on any atom is -0.457 e. The molecule has 134 valence electrons. The maximum absolute atomic E-state index is 13.4. The molecule has 5 unspecified atom stereocenters. The molecule has 4 aliphatic rings. The summed E-state index contributed by atoms with van der Waals surface area (Å²) in [4.78, 5) is 25.9. The van der Waals surface area contributed by atoms with E-state index in [1.54, 1.807) is 0 Å². The minimum absolute atomic E-state index is 0.0718. The van der Waals surface area contributed by atoms with Crippen molar-refractivity contribution in [2.24, 2.45) is 17.3 Å². The average molecular weight is 349 g/mol. The largest absolute Gasteiger partial charge is 0.457 e. The number of rotatable bonds is 3. The Balaban J connectivity index is 1.43. The zero-order valence-corrected chi connectivity index (χ0v) is 12.9. The molecule has 0 spiro atoms. The first-order chi connectivity index (χ1) is 11.3.